The summed E-state index contributed by atoms with van der Waals surface area (Å²) in [6.07, 6.45) is 0. The van der Waals surface area contributed by atoms with Crippen LogP contribution < -0.4 is 10.3 Å². The standard InChI is InChI=1S/C20H15N3O2S/c21-12-17-18(22-20-23(19(17)24)10-11-26-20)15-6-8-16(9-7-15)25-13-14-4-2-1-3-5-14/h1-9H,10-11,13H2. The first-order valence-electron chi connectivity index (χ1n) is 8.21. The van der Waals surface area contributed by atoms with Crippen LogP contribution in [0.15, 0.2) is 64.5 Å². The second kappa shape index (κ2) is 7.06. The second-order valence-corrected chi connectivity index (χ2v) is 6.90. The third-order valence-electron chi connectivity index (χ3n) is 4.17. The Labute approximate surface area is 154 Å². The molecule has 0 fully saturated rings. The maximum Gasteiger partial charge on any atom is 0.272 e. The first kappa shape index (κ1) is 16.4. The molecule has 2 heterocycles. The molecular weight excluding hydrogens is 346 g/mol. The molecule has 0 saturated carbocycles. The molecule has 0 unspecified atom stereocenters. The molecule has 0 radical (unpaired) electrons. The number of fused-ring (bicyclic) bond motifs is 1. The van der Waals surface area contributed by atoms with E-state index in [0.717, 1.165) is 22.6 Å². The highest BCUT2D eigenvalue weighted by molar-refractivity contribution is 7.99. The second-order valence-electron chi connectivity index (χ2n) is 5.83. The lowest BCUT2D eigenvalue weighted by Gasteiger charge is -2.09. The van der Waals surface area contributed by atoms with Gasteiger partial charge in [-0.15, -0.1) is 0 Å². The SMILES string of the molecule is N#Cc1c(-c2ccc(OCc3ccccc3)cc2)nc2n(c1=O)CCS2. The molecule has 6 heteroatoms. The summed E-state index contributed by atoms with van der Waals surface area (Å²) < 4.78 is 7.36. The Morgan fingerprint density at radius 2 is 1.92 bits per heavy atom. The summed E-state index contributed by atoms with van der Waals surface area (Å²) in [7, 11) is 0. The lowest BCUT2D eigenvalue weighted by Crippen LogP contribution is -2.24. The minimum Gasteiger partial charge on any atom is -0.489 e. The van der Waals surface area contributed by atoms with E-state index in [0.29, 0.717) is 24.0 Å². The molecule has 0 aliphatic carbocycles. The summed E-state index contributed by atoms with van der Waals surface area (Å²) in [4.78, 5) is 17.0. The number of rotatable bonds is 4. The topological polar surface area (TPSA) is 67.9 Å². The quantitative estimate of drug-likeness (QED) is 0.666. The third kappa shape index (κ3) is 3.09. The first-order valence-corrected chi connectivity index (χ1v) is 9.20. The van der Waals surface area contributed by atoms with E-state index in [1.165, 1.54) is 11.8 Å². The van der Waals surface area contributed by atoms with Crippen molar-refractivity contribution in [2.75, 3.05) is 5.75 Å². The number of ether oxygens (including phenoxy) is 1. The van der Waals surface area contributed by atoms with Crippen LogP contribution in [0.1, 0.15) is 11.1 Å². The van der Waals surface area contributed by atoms with Crippen molar-refractivity contribution in [2.45, 2.75) is 18.3 Å². The maximum absolute atomic E-state index is 12.5. The number of thioether (sulfide) groups is 1. The Balaban J connectivity index is 1.61. The van der Waals surface area contributed by atoms with Crippen LogP contribution in [0, 0.1) is 11.3 Å². The molecule has 0 bridgehead atoms. The molecule has 3 aromatic rings. The van der Waals surface area contributed by atoms with E-state index < -0.39 is 0 Å². The third-order valence-corrected chi connectivity index (χ3v) is 5.12. The highest BCUT2D eigenvalue weighted by Crippen LogP contribution is 2.28. The average molecular weight is 361 g/mol. The molecule has 128 valence electrons. The van der Waals surface area contributed by atoms with Gasteiger partial charge in [0, 0.05) is 17.9 Å². The van der Waals surface area contributed by atoms with Gasteiger partial charge in [0.05, 0.1) is 5.69 Å². The van der Waals surface area contributed by atoms with E-state index in [9.17, 15) is 10.1 Å². The van der Waals surface area contributed by atoms with E-state index >= 15 is 0 Å². The van der Waals surface area contributed by atoms with Gasteiger partial charge in [0.1, 0.15) is 24.0 Å². The summed E-state index contributed by atoms with van der Waals surface area (Å²) >= 11 is 1.54. The zero-order valence-corrected chi connectivity index (χ0v) is 14.7. The van der Waals surface area contributed by atoms with Gasteiger partial charge in [-0.25, -0.2) is 4.98 Å². The first-order chi connectivity index (χ1) is 12.8. The molecule has 1 aliphatic heterocycles. The van der Waals surface area contributed by atoms with Crippen LogP contribution in [0.4, 0.5) is 0 Å². The summed E-state index contributed by atoms with van der Waals surface area (Å²) in [5.74, 6) is 1.53. The van der Waals surface area contributed by atoms with Crippen molar-refractivity contribution in [2.24, 2.45) is 0 Å². The van der Waals surface area contributed by atoms with Crippen molar-refractivity contribution in [1.29, 1.82) is 5.26 Å². The monoisotopic (exact) mass is 361 g/mol. The number of hydrogen-bond donors (Lipinski definition) is 0. The number of nitrogens with zero attached hydrogens (tertiary/aromatic N) is 3. The van der Waals surface area contributed by atoms with Crippen LogP contribution in [0.2, 0.25) is 0 Å². The maximum atomic E-state index is 12.5. The Kier molecular flexibility index (Phi) is 4.46. The minimum atomic E-state index is -0.262. The van der Waals surface area contributed by atoms with Crippen molar-refractivity contribution < 1.29 is 4.74 Å². The molecule has 0 saturated heterocycles. The summed E-state index contributed by atoms with van der Waals surface area (Å²) in [5, 5.41) is 10.1. The van der Waals surface area contributed by atoms with Crippen molar-refractivity contribution in [1.82, 2.24) is 9.55 Å². The summed E-state index contributed by atoms with van der Waals surface area (Å²) in [5.41, 5.74) is 2.10. The molecule has 2 aromatic carbocycles. The van der Waals surface area contributed by atoms with E-state index in [2.05, 4.69) is 4.98 Å². The number of aromatic nitrogens is 2. The number of nitriles is 1. The molecule has 5 nitrogen and oxygen atoms in total. The molecule has 0 spiro atoms. The average Bonchev–Trinajstić information content (AvgIpc) is 3.17. The van der Waals surface area contributed by atoms with Crippen LogP contribution >= 0.6 is 11.8 Å². The number of hydrogen-bond acceptors (Lipinski definition) is 5. The Hall–Kier alpha value is -3.04. The highest BCUT2D eigenvalue weighted by Gasteiger charge is 2.21. The molecule has 0 N–H and O–H groups in total. The van der Waals surface area contributed by atoms with Crippen molar-refractivity contribution in [3.8, 4) is 23.1 Å². The molecule has 1 aliphatic rings. The van der Waals surface area contributed by atoms with Crippen molar-refractivity contribution in [3.63, 3.8) is 0 Å². The smallest absolute Gasteiger partial charge is 0.272 e. The van der Waals surface area contributed by atoms with Gasteiger partial charge >= 0.3 is 0 Å². The molecular formula is C20H15N3O2S. The van der Waals surface area contributed by atoms with Crippen LogP contribution in [0.5, 0.6) is 5.75 Å². The Morgan fingerprint density at radius 1 is 1.15 bits per heavy atom. The summed E-state index contributed by atoms with van der Waals surface area (Å²) in [6, 6.07) is 19.3. The van der Waals surface area contributed by atoms with E-state index in [1.807, 2.05) is 60.7 Å². The highest BCUT2D eigenvalue weighted by atomic mass is 32.2. The minimum absolute atomic E-state index is 0.0919. The van der Waals surface area contributed by atoms with Gasteiger partial charge in [-0.1, -0.05) is 42.1 Å². The van der Waals surface area contributed by atoms with Crippen molar-refractivity contribution >= 4 is 11.8 Å². The van der Waals surface area contributed by atoms with Crippen LogP contribution in [0.3, 0.4) is 0 Å². The molecule has 4 rings (SSSR count). The zero-order valence-electron chi connectivity index (χ0n) is 13.9. The van der Waals surface area contributed by atoms with Gasteiger partial charge in [0.25, 0.3) is 5.56 Å². The Bertz CT molecular complexity index is 1040. The van der Waals surface area contributed by atoms with Crippen LogP contribution in [0.25, 0.3) is 11.3 Å². The van der Waals surface area contributed by atoms with Crippen LogP contribution in [-0.4, -0.2) is 15.3 Å². The summed E-state index contributed by atoms with van der Waals surface area (Å²) in [6.45, 7) is 1.09. The lowest BCUT2D eigenvalue weighted by molar-refractivity contribution is 0.306. The van der Waals surface area contributed by atoms with E-state index in [-0.39, 0.29) is 11.1 Å². The van der Waals surface area contributed by atoms with Crippen molar-refractivity contribution in [3.05, 3.63) is 76.1 Å². The van der Waals surface area contributed by atoms with Gasteiger partial charge in [-0.05, 0) is 29.8 Å². The zero-order chi connectivity index (χ0) is 17.9. The fraction of sp³-hybridized carbons (Fsp3) is 0.150. The normalized spacial score (nSPS) is 12.4. The molecule has 26 heavy (non-hydrogen) atoms. The van der Waals surface area contributed by atoms with Crippen LogP contribution in [-0.2, 0) is 13.2 Å². The lowest BCUT2D eigenvalue weighted by atomic mass is 10.1. The Morgan fingerprint density at radius 3 is 2.65 bits per heavy atom. The predicted octanol–water partition coefficient (Wildman–Crippen LogP) is 3.47. The predicted molar refractivity (Wildman–Crippen MR) is 100 cm³/mol. The van der Waals surface area contributed by atoms with E-state index in [1.54, 1.807) is 4.57 Å². The van der Waals surface area contributed by atoms with Gasteiger partial charge in [0.15, 0.2) is 5.16 Å². The van der Waals surface area contributed by atoms with E-state index in [4.69, 9.17) is 4.74 Å². The molecule has 0 atom stereocenters. The molecule has 1 aromatic heterocycles. The molecule has 0 amide bonds. The number of benzene rings is 2. The largest absolute Gasteiger partial charge is 0.489 e. The fourth-order valence-electron chi connectivity index (χ4n) is 2.83. The van der Waals surface area contributed by atoms with Gasteiger partial charge in [0.2, 0.25) is 0 Å². The fourth-order valence-corrected chi connectivity index (χ4v) is 3.77. The van der Waals surface area contributed by atoms with Gasteiger partial charge in [-0.2, -0.15) is 5.26 Å². The van der Waals surface area contributed by atoms with Gasteiger partial charge < -0.3 is 4.74 Å². The van der Waals surface area contributed by atoms with Gasteiger partial charge in [-0.3, -0.25) is 9.36 Å².